The molecule has 3 atom stereocenters. The number of sulfonamides is 1. The molecule has 3 fully saturated rings. The minimum atomic E-state index is -3.78. The molecular formula is C29H28Cl2FN3O6S. The first-order valence-electron chi connectivity index (χ1n) is 13.8. The van der Waals surface area contributed by atoms with Crippen LogP contribution in [0, 0.1) is 11.7 Å². The SMILES string of the molecule is CCCS(=O)(=O)NC(=O)c1ccc(N2CC3CC2CC3OC(=O)c2c(-c3c(Cl)cccc3Cl)noc2C2CC2)c(F)c1. The van der Waals surface area contributed by atoms with E-state index >= 15 is 4.39 Å². The second-order valence-corrected chi connectivity index (χ2v) is 13.7. The van der Waals surface area contributed by atoms with E-state index in [2.05, 4.69) is 5.16 Å². The Morgan fingerprint density at radius 2 is 1.90 bits per heavy atom. The number of carbonyl (C=O) groups is 2. The number of anilines is 1. The number of ether oxygens (including phenoxy) is 1. The lowest BCUT2D eigenvalue weighted by atomic mass is 10.0. The second kappa shape index (κ2) is 11.2. The fourth-order valence-corrected chi connectivity index (χ4v) is 7.58. The highest BCUT2D eigenvalue weighted by molar-refractivity contribution is 7.90. The molecule has 2 aliphatic carbocycles. The number of hydrogen-bond acceptors (Lipinski definition) is 8. The molecule has 0 radical (unpaired) electrons. The van der Waals surface area contributed by atoms with E-state index in [9.17, 15) is 18.0 Å². The van der Waals surface area contributed by atoms with Crippen molar-refractivity contribution in [1.29, 1.82) is 0 Å². The first-order valence-corrected chi connectivity index (χ1v) is 16.2. The third kappa shape index (κ3) is 5.49. The van der Waals surface area contributed by atoms with Crippen LogP contribution in [0.2, 0.25) is 10.0 Å². The van der Waals surface area contributed by atoms with Gasteiger partial charge in [-0.05, 0) is 56.0 Å². The van der Waals surface area contributed by atoms with Gasteiger partial charge >= 0.3 is 5.97 Å². The minimum Gasteiger partial charge on any atom is -0.458 e. The Bertz CT molecular complexity index is 1660. The van der Waals surface area contributed by atoms with Gasteiger partial charge in [0.15, 0.2) is 5.76 Å². The van der Waals surface area contributed by atoms with Crippen molar-refractivity contribution in [3.63, 3.8) is 0 Å². The number of nitrogens with zero attached hydrogens (tertiary/aromatic N) is 2. The average Bonchev–Trinajstić information content (AvgIpc) is 3.37. The Hall–Kier alpha value is -3.15. The van der Waals surface area contributed by atoms with Gasteiger partial charge in [0, 0.05) is 42.0 Å². The van der Waals surface area contributed by atoms with Crippen LogP contribution in [-0.2, 0) is 14.8 Å². The van der Waals surface area contributed by atoms with Crippen LogP contribution in [0.1, 0.15) is 71.4 Å². The zero-order chi connectivity index (χ0) is 29.8. The Kier molecular flexibility index (Phi) is 7.69. The molecule has 1 amide bonds. The van der Waals surface area contributed by atoms with Gasteiger partial charge in [0.25, 0.3) is 5.91 Å². The number of rotatable bonds is 9. The van der Waals surface area contributed by atoms with Crippen LogP contribution in [0.4, 0.5) is 10.1 Å². The van der Waals surface area contributed by atoms with Crippen molar-refractivity contribution < 1.29 is 31.7 Å². The summed E-state index contributed by atoms with van der Waals surface area (Å²) in [5, 5.41) is 4.85. The van der Waals surface area contributed by atoms with Gasteiger partial charge in [-0.25, -0.2) is 22.3 Å². The van der Waals surface area contributed by atoms with Crippen LogP contribution < -0.4 is 9.62 Å². The van der Waals surface area contributed by atoms with Crippen LogP contribution in [0.15, 0.2) is 40.9 Å². The third-order valence-electron chi connectivity index (χ3n) is 8.05. The molecule has 2 bridgehead atoms. The van der Waals surface area contributed by atoms with Gasteiger partial charge in [-0.15, -0.1) is 0 Å². The topological polar surface area (TPSA) is 119 Å². The van der Waals surface area contributed by atoms with Crippen molar-refractivity contribution in [1.82, 2.24) is 9.88 Å². The number of fused-ring (bicyclic) bond motifs is 2. The second-order valence-electron chi connectivity index (χ2n) is 11.0. The molecule has 3 aliphatic rings. The van der Waals surface area contributed by atoms with E-state index in [-0.39, 0.29) is 46.6 Å². The molecule has 1 saturated heterocycles. The zero-order valence-corrected chi connectivity index (χ0v) is 24.9. The summed E-state index contributed by atoms with van der Waals surface area (Å²) in [5.41, 5.74) is 1.15. The van der Waals surface area contributed by atoms with E-state index in [0.717, 1.165) is 18.9 Å². The molecule has 3 unspecified atom stereocenters. The number of esters is 1. The van der Waals surface area contributed by atoms with E-state index in [4.69, 9.17) is 32.5 Å². The van der Waals surface area contributed by atoms with Crippen LogP contribution >= 0.6 is 23.2 Å². The molecule has 1 N–H and O–H groups in total. The van der Waals surface area contributed by atoms with Crippen molar-refractivity contribution in [3.8, 4) is 11.3 Å². The highest BCUT2D eigenvalue weighted by Gasteiger charge is 2.48. The summed E-state index contributed by atoms with van der Waals surface area (Å²) in [6.45, 7) is 2.14. The molecule has 222 valence electrons. The van der Waals surface area contributed by atoms with E-state index < -0.39 is 27.7 Å². The first kappa shape index (κ1) is 28.9. The van der Waals surface area contributed by atoms with Crippen LogP contribution in [0.25, 0.3) is 11.3 Å². The van der Waals surface area contributed by atoms with Crippen molar-refractivity contribution in [2.75, 3.05) is 17.2 Å². The molecule has 1 aliphatic heterocycles. The predicted octanol–water partition coefficient (Wildman–Crippen LogP) is 5.96. The lowest BCUT2D eigenvalue weighted by Crippen LogP contribution is -2.40. The summed E-state index contributed by atoms with van der Waals surface area (Å²) >= 11 is 12.8. The summed E-state index contributed by atoms with van der Waals surface area (Å²) in [7, 11) is -3.78. The normalized spacial score (nSPS) is 21.5. The van der Waals surface area contributed by atoms with Gasteiger partial charge < -0.3 is 14.2 Å². The molecule has 2 aromatic carbocycles. The number of hydrogen-bond donors (Lipinski definition) is 1. The Labute approximate surface area is 252 Å². The van der Waals surface area contributed by atoms with Gasteiger partial charge in [-0.3, -0.25) is 4.79 Å². The number of aromatic nitrogens is 1. The first-order chi connectivity index (χ1) is 20.1. The van der Waals surface area contributed by atoms with E-state index in [1.54, 1.807) is 25.1 Å². The van der Waals surface area contributed by atoms with Crippen molar-refractivity contribution in [2.45, 2.75) is 57.1 Å². The Morgan fingerprint density at radius 1 is 1.17 bits per heavy atom. The number of carbonyl (C=O) groups excluding carboxylic acids is 2. The summed E-state index contributed by atoms with van der Waals surface area (Å²) in [4.78, 5) is 27.9. The van der Waals surface area contributed by atoms with Crippen molar-refractivity contribution >= 4 is 50.8 Å². The standard InChI is InChI=1S/C29H28Cl2FN3O6S/c1-2-10-42(38,39)34-28(36)16-8-9-22(21(32)12-16)35-14-17-11-18(35)13-23(17)40-29(37)25-26(33-41-27(25)15-6-7-15)24-19(30)4-3-5-20(24)31/h3-5,8-9,12,15,17-18,23H,2,6-7,10-11,13-14H2,1H3,(H,34,36). The van der Waals surface area contributed by atoms with E-state index in [0.29, 0.717) is 52.9 Å². The molecule has 6 rings (SSSR count). The summed E-state index contributed by atoms with van der Waals surface area (Å²) < 4.78 is 52.6. The molecule has 1 aromatic heterocycles. The van der Waals surface area contributed by atoms with Crippen LogP contribution in [-0.4, -0.2) is 49.9 Å². The molecule has 2 saturated carbocycles. The lowest BCUT2D eigenvalue weighted by molar-refractivity contribution is 0.0191. The van der Waals surface area contributed by atoms with Crippen LogP contribution in [0.5, 0.6) is 0 Å². The third-order valence-corrected chi connectivity index (χ3v) is 10.1. The maximum atomic E-state index is 15.2. The summed E-state index contributed by atoms with van der Waals surface area (Å²) in [6.07, 6.45) is 2.94. The zero-order valence-electron chi connectivity index (χ0n) is 22.6. The number of amides is 1. The van der Waals surface area contributed by atoms with Gasteiger partial charge in [0.05, 0.1) is 21.5 Å². The highest BCUT2D eigenvalue weighted by atomic mass is 35.5. The Balaban J connectivity index is 1.16. The van der Waals surface area contributed by atoms with Gasteiger partial charge in [0.1, 0.15) is 23.2 Å². The quantitative estimate of drug-likeness (QED) is 0.286. The fraction of sp³-hybridized carbons (Fsp3) is 0.414. The molecular weight excluding hydrogens is 608 g/mol. The van der Waals surface area contributed by atoms with Gasteiger partial charge in [-0.2, -0.15) is 0 Å². The maximum absolute atomic E-state index is 15.2. The van der Waals surface area contributed by atoms with E-state index in [1.807, 2.05) is 9.62 Å². The number of benzene rings is 2. The largest absolute Gasteiger partial charge is 0.458 e. The molecule has 3 aromatic rings. The molecule has 13 heteroatoms. The monoisotopic (exact) mass is 635 g/mol. The average molecular weight is 637 g/mol. The summed E-state index contributed by atoms with van der Waals surface area (Å²) in [6, 6.07) is 8.90. The highest BCUT2D eigenvalue weighted by Crippen LogP contribution is 2.47. The lowest BCUT2D eigenvalue weighted by Gasteiger charge is -2.33. The van der Waals surface area contributed by atoms with E-state index in [1.165, 1.54) is 12.1 Å². The van der Waals surface area contributed by atoms with Crippen molar-refractivity contribution in [2.24, 2.45) is 5.92 Å². The van der Waals surface area contributed by atoms with Gasteiger partial charge in [-0.1, -0.05) is 41.3 Å². The molecule has 42 heavy (non-hydrogen) atoms. The maximum Gasteiger partial charge on any atom is 0.344 e. The molecule has 0 spiro atoms. The van der Waals surface area contributed by atoms with Crippen molar-refractivity contribution in [3.05, 3.63) is 69.1 Å². The number of halogens is 3. The summed E-state index contributed by atoms with van der Waals surface area (Å²) in [5.74, 6) is -1.72. The molecule has 9 nitrogen and oxygen atoms in total. The number of nitrogens with one attached hydrogen (secondary N) is 1. The fourth-order valence-electron chi connectivity index (χ4n) is 5.96. The van der Waals surface area contributed by atoms with Crippen LogP contribution in [0.3, 0.4) is 0 Å². The smallest absolute Gasteiger partial charge is 0.344 e. The number of piperidine rings is 1. The Morgan fingerprint density at radius 3 is 2.52 bits per heavy atom. The van der Waals surface area contributed by atoms with Gasteiger partial charge in [0.2, 0.25) is 10.0 Å². The minimum absolute atomic E-state index is 0.0305. The molecule has 2 heterocycles. The predicted molar refractivity (Wildman–Crippen MR) is 155 cm³/mol.